The molecule has 1 aromatic carbocycles. The molecule has 0 spiro atoms. The van der Waals surface area contributed by atoms with E-state index in [4.69, 9.17) is 0 Å². The van der Waals surface area contributed by atoms with Gasteiger partial charge in [0, 0.05) is 44.5 Å². The third-order valence-corrected chi connectivity index (χ3v) is 8.61. The number of rotatable bonds is 5. The predicted octanol–water partition coefficient (Wildman–Crippen LogP) is 3.09. The zero-order chi connectivity index (χ0) is 22.1. The van der Waals surface area contributed by atoms with Crippen molar-refractivity contribution in [3.63, 3.8) is 0 Å². The molecular weight excluding hydrogens is 398 g/mol. The molecule has 1 amide bonds. The number of amides is 1. The van der Waals surface area contributed by atoms with Crippen molar-refractivity contribution >= 4 is 15.9 Å². The second-order valence-electron chi connectivity index (χ2n) is 8.06. The molecule has 1 saturated heterocycles. The van der Waals surface area contributed by atoms with Gasteiger partial charge in [-0.3, -0.25) is 9.78 Å². The van der Waals surface area contributed by atoms with E-state index in [1.54, 1.807) is 11.1 Å². The highest BCUT2D eigenvalue weighted by Crippen LogP contribution is 2.32. The van der Waals surface area contributed by atoms with Gasteiger partial charge < -0.3 is 4.90 Å². The fourth-order valence-corrected chi connectivity index (χ4v) is 6.08. The average molecular weight is 430 g/mol. The van der Waals surface area contributed by atoms with Crippen LogP contribution >= 0.6 is 0 Å². The van der Waals surface area contributed by atoms with Gasteiger partial charge in [0.25, 0.3) is 0 Å². The average Bonchev–Trinajstić information content (AvgIpc) is 2.75. The molecule has 0 bridgehead atoms. The summed E-state index contributed by atoms with van der Waals surface area (Å²) in [5.41, 5.74) is 5.74. The highest BCUT2D eigenvalue weighted by molar-refractivity contribution is 7.89. The maximum atomic E-state index is 13.4. The molecule has 162 valence electrons. The van der Waals surface area contributed by atoms with Crippen molar-refractivity contribution in [3.05, 3.63) is 57.9 Å². The molecule has 1 fully saturated rings. The minimum Gasteiger partial charge on any atom is -0.340 e. The monoisotopic (exact) mass is 429 g/mol. The molecule has 30 heavy (non-hydrogen) atoms. The Morgan fingerprint density at radius 2 is 1.47 bits per heavy atom. The lowest BCUT2D eigenvalue weighted by Crippen LogP contribution is -2.50. The Labute approximate surface area is 180 Å². The number of nitrogens with zero attached hydrogens (tertiary/aromatic N) is 3. The van der Waals surface area contributed by atoms with Gasteiger partial charge in [-0.15, -0.1) is 0 Å². The third-order valence-electron chi connectivity index (χ3n) is 6.44. The number of carbonyl (C=O) groups is 1. The summed E-state index contributed by atoms with van der Waals surface area (Å²) in [6.07, 6.45) is 2.71. The molecule has 6 nitrogen and oxygen atoms in total. The quantitative estimate of drug-likeness (QED) is 0.732. The molecule has 0 N–H and O–H groups in total. The van der Waals surface area contributed by atoms with Gasteiger partial charge in [-0.2, -0.15) is 4.31 Å². The summed E-state index contributed by atoms with van der Waals surface area (Å²) >= 11 is 0. The van der Waals surface area contributed by atoms with Crippen LogP contribution in [0.5, 0.6) is 0 Å². The molecule has 0 aliphatic carbocycles. The number of aromatic nitrogens is 1. The maximum absolute atomic E-state index is 13.4. The van der Waals surface area contributed by atoms with Crippen LogP contribution in [-0.4, -0.2) is 54.7 Å². The number of carbonyl (C=O) groups excluding carboxylic acids is 1. The lowest BCUT2D eigenvalue weighted by molar-refractivity contribution is -0.132. The highest BCUT2D eigenvalue weighted by atomic mass is 32.2. The predicted molar refractivity (Wildman–Crippen MR) is 118 cm³/mol. The van der Waals surface area contributed by atoms with E-state index in [2.05, 4.69) is 4.98 Å². The van der Waals surface area contributed by atoms with Gasteiger partial charge in [-0.05, 0) is 81.0 Å². The largest absolute Gasteiger partial charge is 0.340 e. The topological polar surface area (TPSA) is 70.6 Å². The molecule has 3 rings (SSSR count). The Balaban J connectivity index is 1.69. The second-order valence-corrected chi connectivity index (χ2v) is 9.93. The van der Waals surface area contributed by atoms with Crippen molar-refractivity contribution in [2.24, 2.45) is 0 Å². The first kappa shape index (κ1) is 22.4. The lowest BCUT2D eigenvalue weighted by Gasteiger charge is -2.35. The molecule has 0 saturated carbocycles. The van der Waals surface area contributed by atoms with Crippen molar-refractivity contribution in [1.82, 2.24) is 14.2 Å². The molecule has 0 radical (unpaired) electrons. The van der Waals surface area contributed by atoms with E-state index in [0.717, 1.165) is 33.5 Å². The van der Waals surface area contributed by atoms with Gasteiger partial charge in [0.2, 0.25) is 15.9 Å². The van der Waals surface area contributed by atoms with E-state index < -0.39 is 10.0 Å². The first-order valence-electron chi connectivity index (χ1n) is 10.4. The number of piperazine rings is 1. The highest BCUT2D eigenvalue weighted by Gasteiger charge is 2.33. The van der Waals surface area contributed by atoms with Crippen molar-refractivity contribution in [1.29, 1.82) is 0 Å². The van der Waals surface area contributed by atoms with Gasteiger partial charge in [0.1, 0.15) is 0 Å². The van der Waals surface area contributed by atoms with Crippen LogP contribution in [0.2, 0.25) is 0 Å². The summed E-state index contributed by atoms with van der Waals surface area (Å²) in [7, 11) is -3.60. The number of sulfonamides is 1. The molecule has 0 unspecified atom stereocenters. The molecule has 1 aliphatic rings. The smallest absolute Gasteiger partial charge is 0.243 e. The zero-order valence-corrected chi connectivity index (χ0v) is 19.3. The second kappa shape index (κ2) is 8.86. The van der Waals surface area contributed by atoms with Crippen molar-refractivity contribution < 1.29 is 13.2 Å². The summed E-state index contributed by atoms with van der Waals surface area (Å²) in [6, 6.07) is 5.67. The van der Waals surface area contributed by atoms with Crippen molar-refractivity contribution in [2.75, 3.05) is 26.2 Å². The summed E-state index contributed by atoms with van der Waals surface area (Å²) in [6.45, 7) is 11.3. The molecule has 1 aliphatic heterocycles. The molecule has 0 atom stereocenters. The number of hydrogen-bond acceptors (Lipinski definition) is 4. The fourth-order valence-electron chi connectivity index (χ4n) is 4.10. The molecule has 1 aromatic heterocycles. The van der Waals surface area contributed by atoms with E-state index in [0.29, 0.717) is 43.9 Å². The van der Waals surface area contributed by atoms with Gasteiger partial charge >= 0.3 is 0 Å². The summed E-state index contributed by atoms with van der Waals surface area (Å²) in [5, 5.41) is 0. The van der Waals surface area contributed by atoms with E-state index in [1.807, 2.05) is 52.8 Å². The minimum atomic E-state index is -3.60. The van der Waals surface area contributed by atoms with Crippen LogP contribution < -0.4 is 0 Å². The number of pyridine rings is 1. The minimum absolute atomic E-state index is 0.0482. The van der Waals surface area contributed by atoms with Gasteiger partial charge in [0.15, 0.2) is 0 Å². The molecule has 7 heteroatoms. The van der Waals surface area contributed by atoms with E-state index >= 15 is 0 Å². The van der Waals surface area contributed by atoms with Gasteiger partial charge in [-0.1, -0.05) is 6.07 Å². The van der Waals surface area contributed by atoms with Crippen LogP contribution in [-0.2, 0) is 21.2 Å². The van der Waals surface area contributed by atoms with Crippen LogP contribution in [0.25, 0.3) is 0 Å². The standard InChI is InChI=1S/C23H31N3O3S/c1-16-17(2)19(4)23(20(5)18(16)3)30(28,29)26-14-12-25(13-15-26)22(27)10-9-21-8-6-7-11-24-21/h6-8,11H,9-10,12-15H2,1-5H3. The molecule has 2 aromatic rings. The summed E-state index contributed by atoms with van der Waals surface area (Å²) in [4.78, 5) is 19.0. The van der Waals surface area contributed by atoms with Crippen LogP contribution in [0.1, 0.15) is 39.9 Å². The van der Waals surface area contributed by atoms with Gasteiger partial charge in [0.05, 0.1) is 4.90 Å². The van der Waals surface area contributed by atoms with E-state index in [9.17, 15) is 13.2 Å². The number of aryl methyl sites for hydroxylation is 1. The number of hydrogen-bond donors (Lipinski definition) is 0. The third kappa shape index (κ3) is 4.27. The molecule has 2 heterocycles. The van der Waals surface area contributed by atoms with Crippen molar-refractivity contribution in [3.8, 4) is 0 Å². The Kier molecular flexibility index (Phi) is 6.62. The Hall–Kier alpha value is -2.25. The lowest BCUT2D eigenvalue weighted by atomic mass is 9.95. The van der Waals surface area contributed by atoms with Crippen LogP contribution in [0.3, 0.4) is 0 Å². The summed E-state index contributed by atoms with van der Waals surface area (Å²) in [5.74, 6) is 0.0482. The Morgan fingerprint density at radius 3 is 2.00 bits per heavy atom. The zero-order valence-electron chi connectivity index (χ0n) is 18.5. The van der Waals surface area contributed by atoms with Crippen molar-refractivity contribution in [2.45, 2.75) is 52.4 Å². The van der Waals surface area contributed by atoms with Gasteiger partial charge in [-0.25, -0.2) is 8.42 Å². The normalized spacial score (nSPS) is 15.4. The van der Waals surface area contributed by atoms with Crippen LogP contribution in [0.4, 0.5) is 0 Å². The first-order chi connectivity index (χ1) is 14.1. The van der Waals surface area contributed by atoms with E-state index in [-0.39, 0.29) is 5.91 Å². The summed E-state index contributed by atoms with van der Waals surface area (Å²) < 4.78 is 28.4. The van der Waals surface area contributed by atoms with Crippen LogP contribution in [0, 0.1) is 34.6 Å². The SMILES string of the molecule is Cc1c(C)c(C)c(S(=O)(=O)N2CCN(C(=O)CCc3ccccn3)CC2)c(C)c1C. The first-order valence-corrected chi connectivity index (χ1v) is 11.8. The maximum Gasteiger partial charge on any atom is 0.243 e. The fraction of sp³-hybridized carbons (Fsp3) is 0.478. The Bertz CT molecular complexity index is 1010. The molecular formula is C23H31N3O3S. The van der Waals surface area contributed by atoms with E-state index in [1.165, 1.54) is 4.31 Å². The Morgan fingerprint density at radius 1 is 0.900 bits per heavy atom. The number of benzene rings is 1. The van der Waals surface area contributed by atoms with Crippen LogP contribution in [0.15, 0.2) is 29.3 Å².